The van der Waals surface area contributed by atoms with Crippen LogP contribution in [0.5, 0.6) is 0 Å². The summed E-state index contributed by atoms with van der Waals surface area (Å²) in [6.45, 7) is 5.34. The highest BCUT2D eigenvalue weighted by molar-refractivity contribution is 5.63. The third-order valence-corrected chi connectivity index (χ3v) is 4.70. The number of benzene rings is 1. The molecule has 1 N–H and O–H groups in total. The molecule has 4 aromatic rings. The van der Waals surface area contributed by atoms with Crippen molar-refractivity contribution in [3.05, 3.63) is 54.4 Å². The number of hydrogen-bond donors (Lipinski definition) is 1. The van der Waals surface area contributed by atoms with E-state index in [0.717, 1.165) is 43.5 Å². The van der Waals surface area contributed by atoms with Crippen LogP contribution in [-0.4, -0.2) is 45.9 Å². The molecule has 1 aliphatic heterocycles. The zero-order chi connectivity index (χ0) is 18.9. The summed E-state index contributed by atoms with van der Waals surface area (Å²) >= 11 is 0. The Morgan fingerprint density at radius 2 is 1.86 bits per heavy atom. The van der Waals surface area contributed by atoms with E-state index in [2.05, 4.69) is 49.5 Å². The standard InChI is InChI=1S/C20H20N6O2/c1-14-13-18(26-20(21-14)23-19(24-26)17-3-2-10-28-17)22-15-4-6-16(7-5-15)25-8-11-27-12-9-25/h2-7,10,13,22H,8-9,11-12H2,1H3. The van der Waals surface area contributed by atoms with Gasteiger partial charge in [0.1, 0.15) is 5.82 Å². The summed E-state index contributed by atoms with van der Waals surface area (Å²) in [7, 11) is 0. The fourth-order valence-corrected chi connectivity index (χ4v) is 3.31. The first-order valence-corrected chi connectivity index (χ1v) is 9.24. The maximum Gasteiger partial charge on any atom is 0.255 e. The molecule has 1 aliphatic rings. The van der Waals surface area contributed by atoms with Gasteiger partial charge in [-0.05, 0) is 43.3 Å². The maximum atomic E-state index is 5.42. The van der Waals surface area contributed by atoms with Crippen LogP contribution in [0.2, 0.25) is 0 Å². The Bertz CT molecular complexity index is 1080. The summed E-state index contributed by atoms with van der Waals surface area (Å²) < 4.78 is 12.5. The molecule has 1 fully saturated rings. The molecule has 0 saturated carbocycles. The van der Waals surface area contributed by atoms with Crippen LogP contribution >= 0.6 is 0 Å². The van der Waals surface area contributed by atoms with Crippen LogP contribution in [0.25, 0.3) is 17.4 Å². The minimum atomic E-state index is 0.508. The number of furan rings is 1. The number of aromatic nitrogens is 4. The molecule has 0 amide bonds. The summed E-state index contributed by atoms with van der Waals surface area (Å²) in [6.07, 6.45) is 1.61. The Labute approximate surface area is 161 Å². The van der Waals surface area contributed by atoms with Gasteiger partial charge in [-0.3, -0.25) is 0 Å². The van der Waals surface area contributed by atoms with E-state index in [1.54, 1.807) is 10.8 Å². The van der Waals surface area contributed by atoms with Crippen LogP contribution in [0.15, 0.2) is 53.1 Å². The molecule has 3 aromatic heterocycles. The van der Waals surface area contributed by atoms with Crippen LogP contribution < -0.4 is 10.2 Å². The second-order valence-electron chi connectivity index (χ2n) is 6.68. The fraction of sp³-hybridized carbons (Fsp3) is 0.250. The van der Waals surface area contributed by atoms with Gasteiger partial charge in [-0.1, -0.05) is 0 Å². The summed E-state index contributed by atoms with van der Waals surface area (Å²) in [4.78, 5) is 11.3. The van der Waals surface area contributed by atoms with Crippen molar-refractivity contribution in [2.75, 3.05) is 36.5 Å². The second kappa shape index (κ2) is 6.97. The van der Waals surface area contributed by atoms with E-state index in [1.807, 2.05) is 25.1 Å². The molecule has 0 bridgehead atoms. The predicted octanol–water partition coefficient (Wildman–Crippen LogP) is 3.27. The average molecular weight is 376 g/mol. The number of anilines is 3. The topological polar surface area (TPSA) is 80.7 Å². The van der Waals surface area contributed by atoms with Crippen molar-refractivity contribution in [1.29, 1.82) is 0 Å². The number of morpholine rings is 1. The quantitative estimate of drug-likeness (QED) is 0.585. The van der Waals surface area contributed by atoms with Gasteiger partial charge in [0, 0.05) is 36.2 Å². The van der Waals surface area contributed by atoms with Gasteiger partial charge in [-0.15, -0.1) is 5.10 Å². The number of fused-ring (bicyclic) bond motifs is 1. The first-order chi connectivity index (χ1) is 13.8. The number of ether oxygens (including phenoxy) is 1. The SMILES string of the molecule is Cc1cc(Nc2ccc(N3CCOCC3)cc2)n2nc(-c3ccco3)nc2n1. The first-order valence-electron chi connectivity index (χ1n) is 9.24. The maximum absolute atomic E-state index is 5.42. The summed E-state index contributed by atoms with van der Waals surface area (Å²) in [5.74, 6) is 2.45. The molecular formula is C20H20N6O2. The van der Waals surface area contributed by atoms with Crippen molar-refractivity contribution < 1.29 is 9.15 Å². The number of hydrogen-bond acceptors (Lipinski definition) is 7. The molecule has 0 aliphatic carbocycles. The van der Waals surface area contributed by atoms with E-state index >= 15 is 0 Å². The predicted molar refractivity (Wildman–Crippen MR) is 106 cm³/mol. The summed E-state index contributed by atoms with van der Waals surface area (Å²) in [5, 5.41) is 7.97. The Hall–Kier alpha value is -3.39. The molecule has 5 rings (SSSR count). The van der Waals surface area contributed by atoms with Crippen LogP contribution in [-0.2, 0) is 4.74 Å². The van der Waals surface area contributed by atoms with Crippen molar-refractivity contribution in [2.45, 2.75) is 6.92 Å². The van der Waals surface area contributed by atoms with E-state index < -0.39 is 0 Å². The van der Waals surface area contributed by atoms with E-state index in [0.29, 0.717) is 17.4 Å². The summed E-state index contributed by atoms with van der Waals surface area (Å²) in [5.41, 5.74) is 3.03. The van der Waals surface area contributed by atoms with Gasteiger partial charge in [-0.25, -0.2) is 4.98 Å². The van der Waals surface area contributed by atoms with Crippen LogP contribution in [0.4, 0.5) is 17.2 Å². The highest BCUT2D eigenvalue weighted by atomic mass is 16.5. The molecule has 0 spiro atoms. The van der Waals surface area contributed by atoms with Gasteiger partial charge in [0.15, 0.2) is 5.76 Å². The van der Waals surface area contributed by atoms with E-state index in [4.69, 9.17) is 9.15 Å². The molecule has 28 heavy (non-hydrogen) atoms. The van der Waals surface area contributed by atoms with Crippen LogP contribution in [0.1, 0.15) is 5.69 Å². The van der Waals surface area contributed by atoms with Gasteiger partial charge in [0.2, 0.25) is 5.82 Å². The van der Waals surface area contributed by atoms with Gasteiger partial charge >= 0.3 is 0 Å². The third-order valence-electron chi connectivity index (χ3n) is 4.70. The largest absolute Gasteiger partial charge is 0.461 e. The van der Waals surface area contributed by atoms with E-state index in [9.17, 15) is 0 Å². The molecule has 8 nitrogen and oxygen atoms in total. The average Bonchev–Trinajstić information content (AvgIpc) is 3.39. The molecule has 4 heterocycles. The summed E-state index contributed by atoms with van der Waals surface area (Å²) in [6, 6.07) is 14.0. The Kier molecular flexibility index (Phi) is 4.17. The molecule has 8 heteroatoms. The zero-order valence-electron chi connectivity index (χ0n) is 15.5. The number of aryl methyl sites for hydroxylation is 1. The zero-order valence-corrected chi connectivity index (χ0v) is 15.5. The van der Waals surface area contributed by atoms with Crippen molar-refractivity contribution in [3.8, 4) is 11.6 Å². The molecule has 1 aromatic carbocycles. The molecule has 0 radical (unpaired) electrons. The highest BCUT2D eigenvalue weighted by Crippen LogP contribution is 2.24. The smallest absolute Gasteiger partial charge is 0.255 e. The Morgan fingerprint density at radius 3 is 2.61 bits per heavy atom. The van der Waals surface area contributed by atoms with Crippen molar-refractivity contribution in [3.63, 3.8) is 0 Å². The van der Waals surface area contributed by atoms with E-state index in [1.165, 1.54) is 5.69 Å². The lowest BCUT2D eigenvalue weighted by molar-refractivity contribution is 0.122. The monoisotopic (exact) mass is 376 g/mol. The highest BCUT2D eigenvalue weighted by Gasteiger charge is 2.14. The molecule has 142 valence electrons. The molecular weight excluding hydrogens is 356 g/mol. The van der Waals surface area contributed by atoms with Crippen molar-refractivity contribution >= 4 is 23.0 Å². The first kappa shape index (κ1) is 16.8. The van der Waals surface area contributed by atoms with E-state index in [-0.39, 0.29) is 0 Å². The van der Waals surface area contributed by atoms with Gasteiger partial charge in [-0.2, -0.15) is 9.50 Å². The lowest BCUT2D eigenvalue weighted by Gasteiger charge is -2.28. The van der Waals surface area contributed by atoms with Crippen LogP contribution in [0.3, 0.4) is 0 Å². The Morgan fingerprint density at radius 1 is 1.04 bits per heavy atom. The lowest BCUT2D eigenvalue weighted by atomic mass is 10.2. The second-order valence-corrected chi connectivity index (χ2v) is 6.68. The molecule has 0 unspecified atom stereocenters. The van der Waals surface area contributed by atoms with Gasteiger partial charge in [0.25, 0.3) is 5.78 Å². The molecule has 1 saturated heterocycles. The van der Waals surface area contributed by atoms with Gasteiger partial charge < -0.3 is 19.4 Å². The Balaban J connectivity index is 1.44. The van der Waals surface area contributed by atoms with Gasteiger partial charge in [0.05, 0.1) is 19.5 Å². The number of nitrogens with zero attached hydrogens (tertiary/aromatic N) is 5. The lowest BCUT2D eigenvalue weighted by Crippen LogP contribution is -2.36. The number of rotatable bonds is 4. The normalized spacial score (nSPS) is 14.5. The van der Waals surface area contributed by atoms with Crippen molar-refractivity contribution in [2.24, 2.45) is 0 Å². The van der Waals surface area contributed by atoms with Crippen molar-refractivity contribution in [1.82, 2.24) is 19.6 Å². The van der Waals surface area contributed by atoms with Crippen LogP contribution in [0, 0.1) is 6.92 Å². The number of nitrogens with one attached hydrogen (secondary N) is 1. The minimum Gasteiger partial charge on any atom is -0.461 e. The molecule has 0 atom stereocenters. The fourth-order valence-electron chi connectivity index (χ4n) is 3.31. The minimum absolute atomic E-state index is 0.508. The third kappa shape index (κ3) is 3.18.